The van der Waals surface area contributed by atoms with Crippen LogP contribution in [0.15, 0.2) is 55.1 Å². The number of fused-ring (bicyclic) bond motifs is 1. The number of carbonyl (C=O) groups excluding carboxylic acids is 2. The molecule has 0 saturated carbocycles. The lowest BCUT2D eigenvalue weighted by molar-refractivity contribution is 0.0488. The number of benzene rings is 2. The van der Waals surface area contributed by atoms with Gasteiger partial charge in [-0.15, -0.1) is 0 Å². The summed E-state index contributed by atoms with van der Waals surface area (Å²) in [6.07, 6.45) is 2.09. The molecule has 1 aliphatic rings. The normalized spacial score (nSPS) is 21.8. The Morgan fingerprint density at radius 1 is 0.903 bits per heavy atom. The van der Waals surface area contributed by atoms with Crippen LogP contribution in [-0.2, 0) is 10.8 Å². The molecule has 0 aliphatic heterocycles. The molecule has 0 saturated heterocycles. The predicted octanol–water partition coefficient (Wildman–Crippen LogP) is 4.75. The lowest BCUT2D eigenvalue weighted by atomic mass is 9.74. The first-order valence-electron chi connectivity index (χ1n) is 10.6. The maximum atomic E-state index is 12.8. The Bertz CT molecular complexity index is 1050. The highest BCUT2D eigenvalue weighted by Gasteiger charge is 2.46. The molecule has 2 unspecified atom stereocenters. The van der Waals surface area contributed by atoms with E-state index in [1.165, 1.54) is 32.4 Å². The van der Waals surface area contributed by atoms with Gasteiger partial charge in [0.2, 0.25) is 0 Å². The summed E-state index contributed by atoms with van der Waals surface area (Å²) in [6, 6.07) is 13.0. The van der Waals surface area contributed by atoms with Crippen molar-refractivity contribution in [2.45, 2.75) is 70.0 Å². The second kappa shape index (κ2) is 7.25. The molecule has 0 aromatic heterocycles. The van der Waals surface area contributed by atoms with E-state index in [-0.39, 0.29) is 22.4 Å². The van der Waals surface area contributed by atoms with Gasteiger partial charge in [0.05, 0.1) is 0 Å². The highest BCUT2D eigenvalue weighted by atomic mass is 16.3. The largest absolute Gasteiger partial charge is 0.382 e. The molecule has 0 bridgehead atoms. The monoisotopic (exact) mass is 420 g/mol. The fourth-order valence-electron chi connectivity index (χ4n) is 4.79. The number of Topliss-reactive ketones (excluding diaryl/α,β-unsaturated/α-hetero) is 2. The average molecular weight is 421 g/mol. The van der Waals surface area contributed by atoms with E-state index in [0.717, 1.165) is 17.5 Å². The molecule has 4 nitrogen and oxygen atoms in total. The Morgan fingerprint density at radius 3 is 1.97 bits per heavy atom. The molecule has 31 heavy (non-hydrogen) atoms. The molecule has 0 spiro atoms. The maximum Gasteiger partial charge on any atom is 0.197 e. The van der Waals surface area contributed by atoms with Crippen molar-refractivity contribution in [1.82, 2.24) is 0 Å². The topological polar surface area (TPSA) is 74.6 Å². The number of carbonyl (C=O) groups is 2. The van der Waals surface area contributed by atoms with Crippen molar-refractivity contribution in [2.75, 3.05) is 0 Å². The molecule has 0 heterocycles. The molecule has 0 fully saturated rings. The van der Waals surface area contributed by atoms with Crippen molar-refractivity contribution >= 4 is 11.6 Å². The summed E-state index contributed by atoms with van der Waals surface area (Å²) in [5.41, 5.74) is 0.630. The third kappa shape index (κ3) is 3.90. The first kappa shape index (κ1) is 23.1. The van der Waals surface area contributed by atoms with Gasteiger partial charge in [-0.25, -0.2) is 0 Å². The summed E-state index contributed by atoms with van der Waals surface area (Å²) >= 11 is 0. The van der Waals surface area contributed by atoms with Crippen LogP contribution in [0.25, 0.3) is 0 Å². The van der Waals surface area contributed by atoms with Crippen molar-refractivity contribution in [3.63, 3.8) is 0 Å². The summed E-state index contributed by atoms with van der Waals surface area (Å²) in [5.74, 6) is -0.709. The highest BCUT2D eigenvalue weighted by molar-refractivity contribution is 6.03. The van der Waals surface area contributed by atoms with Gasteiger partial charge in [0.1, 0.15) is 11.2 Å². The van der Waals surface area contributed by atoms with Crippen LogP contribution in [0, 0.1) is 0 Å². The van der Waals surface area contributed by atoms with E-state index in [4.69, 9.17) is 0 Å². The molecule has 1 aliphatic carbocycles. The van der Waals surface area contributed by atoms with E-state index in [1.54, 1.807) is 18.2 Å². The van der Waals surface area contributed by atoms with Crippen molar-refractivity contribution in [1.29, 1.82) is 0 Å². The first-order chi connectivity index (χ1) is 14.1. The zero-order chi connectivity index (χ0) is 23.4. The van der Waals surface area contributed by atoms with Crippen molar-refractivity contribution < 1.29 is 19.8 Å². The summed E-state index contributed by atoms with van der Waals surface area (Å²) < 4.78 is 0. The Hall–Kier alpha value is -2.56. The van der Waals surface area contributed by atoms with Crippen LogP contribution < -0.4 is 0 Å². The minimum atomic E-state index is -1.63. The smallest absolute Gasteiger partial charge is 0.197 e. The van der Waals surface area contributed by atoms with Gasteiger partial charge in [-0.3, -0.25) is 9.59 Å². The zero-order valence-electron chi connectivity index (χ0n) is 19.2. The molecule has 4 heteroatoms. The van der Waals surface area contributed by atoms with Gasteiger partial charge in [-0.1, -0.05) is 69.8 Å². The Morgan fingerprint density at radius 2 is 1.45 bits per heavy atom. The maximum absolute atomic E-state index is 12.8. The molecule has 2 aromatic rings. The van der Waals surface area contributed by atoms with E-state index < -0.39 is 11.2 Å². The molecule has 164 valence electrons. The molecule has 0 radical (unpaired) electrons. The number of ketones is 2. The number of hydrogen-bond donors (Lipinski definition) is 2. The predicted molar refractivity (Wildman–Crippen MR) is 123 cm³/mol. The number of hydrogen-bond acceptors (Lipinski definition) is 4. The van der Waals surface area contributed by atoms with E-state index in [9.17, 15) is 19.8 Å². The SMILES string of the molecule is C=CC(C)(O)C(=O)c1ccc2c(c1)C(C)(c1ccc(C(=O)C(C)(C)O)cc1)CC2(C)C. The lowest BCUT2D eigenvalue weighted by Gasteiger charge is -2.29. The lowest BCUT2D eigenvalue weighted by Crippen LogP contribution is -2.32. The fraction of sp³-hybridized carbons (Fsp3) is 0.407. The summed E-state index contributed by atoms with van der Waals surface area (Å²) in [5, 5.41) is 20.4. The number of rotatable bonds is 6. The summed E-state index contributed by atoms with van der Waals surface area (Å²) in [6.45, 7) is 14.5. The minimum absolute atomic E-state index is 0.103. The summed E-state index contributed by atoms with van der Waals surface area (Å²) in [7, 11) is 0. The van der Waals surface area contributed by atoms with Crippen LogP contribution in [0.5, 0.6) is 0 Å². The van der Waals surface area contributed by atoms with Gasteiger partial charge < -0.3 is 10.2 Å². The zero-order valence-corrected chi connectivity index (χ0v) is 19.2. The third-order valence-electron chi connectivity index (χ3n) is 6.60. The van der Waals surface area contributed by atoms with Crippen LogP contribution in [0.3, 0.4) is 0 Å². The molecule has 3 rings (SSSR count). The molecular weight excluding hydrogens is 388 g/mol. The quantitative estimate of drug-likeness (QED) is 0.523. The molecule has 2 aromatic carbocycles. The first-order valence-corrected chi connectivity index (χ1v) is 10.6. The molecular formula is C27H32O4. The van der Waals surface area contributed by atoms with Crippen LogP contribution in [0.2, 0.25) is 0 Å². The van der Waals surface area contributed by atoms with Crippen molar-refractivity contribution in [2.24, 2.45) is 0 Å². The van der Waals surface area contributed by atoms with E-state index in [1.807, 2.05) is 24.3 Å². The highest BCUT2D eigenvalue weighted by Crippen LogP contribution is 2.53. The van der Waals surface area contributed by atoms with Gasteiger partial charge in [0.15, 0.2) is 11.6 Å². The van der Waals surface area contributed by atoms with Gasteiger partial charge in [-0.2, -0.15) is 0 Å². The van der Waals surface area contributed by atoms with Gasteiger partial charge >= 0.3 is 0 Å². The van der Waals surface area contributed by atoms with E-state index in [2.05, 4.69) is 27.4 Å². The Labute approximate surface area is 184 Å². The van der Waals surface area contributed by atoms with Crippen molar-refractivity contribution in [3.05, 3.63) is 82.9 Å². The van der Waals surface area contributed by atoms with Gasteiger partial charge in [0.25, 0.3) is 0 Å². The van der Waals surface area contributed by atoms with Crippen LogP contribution >= 0.6 is 0 Å². The van der Waals surface area contributed by atoms with Gasteiger partial charge in [-0.05, 0) is 55.4 Å². The number of aliphatic hydroxyl groups is 2. The Kier molecular flexibility index (Phi) is 5.40. The van der Waals surface area contributed by atoms with Crippen molar-refractivity contribution in [3.8, 4) is 0 Å². The molecule has 2 atom stereocenters. The second-order valence-electron chi connectivity index (χ2n) is 10.3. The summed E-state index contributed by atoms with van der Waals surface area (Å²) in [4.78, 5) is 25.2. The molecule has 2 N–H and O–H groups in total. The van der Waals surface area contributed by atoms with E-state index in [0.29, 0.717) is 11.1 Å². The molecule has 0 amide bonds. The second-order valence-corrected chi connectivity index (χ2v) is 10.3. The fourth-order valence-corrected chi connectivity index (χ4v) is 4.79. The minimum Gasteiger partial charge on any atom is -0.382 e. The van der Waals surface area contributed by atoms with Gasteiger partial charge in [0, 0.05) is 16.5 Å². The van der Waals surface area contributed by atoms with Crippen LogP contribution in [0.4, 0.5) is 0 Å². The standard InChI is InChI=1S/C27H32O4/c1-8-27(7,31)23(29)18-11-14-20-21(15-18)26(6,16-24(20,2)3)19-12-9-17(10-13-19)22(28)25(4,5)30/h8-15,30-31H,1,16H2,2-7H3. The average Bonchev–Trinajstić information content (AvgIpc) is 2.92. The van der Waals surface area contributed by atoms with E-state index >= 15 is 0 Å². The van der Waals surface area contributed by atoms with Crippen LogP contribution in [0.1, 0.15) is 85.4 Å². The third-order valence-corrected chi connectivity index (χ3v) is 6.60. The Balaban J connectivity index is 2.10. The van der Waals surface area contributed by atoms with Crippen LogP contribution in [-0.4, -0.2) is 33.0 Å².